The molecule has 0 amide bonds. The van der Waals surface area contributed by atoms with Gasteiger partial charge < -0.3 is 15.8 Å². The molecule has 0 bridgehead atoms. The molecule has 3 nitrogen and oxygen atoms in total. The van der Waals surface area contributed by atoms with Gasteiger partial charge in [0.1, 0.15) is 5.75 Å². The number of para-hydroxylation sites is 1. The number of nitrogens with one attached hydrogen (secondary N) is 1. The molecule has 0 spiro atoms. The third kappa shape index (κ3) is 2.63. The maximum absolute atomic E-state index is 6.08. The number of anilines is 2. The molecule has 0 saturated heterocycles. The van der Waals surface area contributed by atoms with Crippen LogP contribution in [0.2, 0.25) is 0 Å². The minimum absolute atomic E-state index is 0.639. The Bertz CT molecular complexity index is 763. The fraction of sp³-hybridized carbons (Fsp3) is 0.111. The summed E-state index contributed by atoms with van der Waals surface area (Å²) >= 11 is 0. The first-order valence-electron chi connectivity index (χ1n) is 6.92. The van der Waals surface area contributed by atoms with Crippen molar-refractivity contribution >= 4 is 22.1 Å². The number of nitrogens with two attached hydrogens (primary N) is 1. The highest BCUT2D eigenvalue weighted by molar-refractivity contribution is 5.86. The SMILES string of the molecule is COc1cccc(NCc2cccc3ccccc23)c1N. The Labute approximate surface area is 124 Å². The molecule has 0 heterocycles. The average molecular weight is 278 g/mol. The van der Waals surface area contributed by atoms with Gasteiger partial charge in [-0.1, -0.05) is 48.5 Å². The summed E-state index contributed by atoms with van der Waals surface area (Å²) < 4.78 is 5.24. The second-order valence-corrected chi connectivity index (χ2v) is 4.91. The molecule has 0 unspecified atom stereocenters. The van der Waals surface area contributed by atoms with E-state index in [-0.39, 0.29) is 0 Å². The van der Waals surface area contributed by atoms with Crippen LogP contribution in [0.25, 0.3) is 10.8 Å². The molecule has 3 heteroatoms. The molecule has 3 aromatic rings. The van der Waals surface area contributed by atoms with E-state index in [1.165, 1.54) is 16.3 Å². The highest BCUT2D eigenvalue weighted by Gasteiger charge is 2.05. The second-order valence-electron chi connectivity index (χ2n) is 4.91. The summed E-state index contributed by atoms with van der Waals surface area (Å²) in [6, 6.07) is 20.5. The highest BCUT2D eigenvalue weighted by atomic mass is 16.5. The van der Waals surface area contributed by atoms with E-state index in [4.69, 9.17) is 10.5 Å². The number of methoxy groups -OCH3 is 1. The van der Waals surface area contributed by atoms with E-state index >= 15 is 0 Å². The molecule has 3 N–H and O–H groups in total. The van der Waals surface area contributed by atoms with Crippen molar-refractivity contribution in [1.82, 2.24) is 0 Å². The van der Waals surface area contributed by atoms with Crippen LogP contribution in [0.1, 0.15) is 5.56 Å². The van der Waals surface area contributed by atoms with Gasteiger partial charge in [-0.25, -0.2) is 0 Å². The molecule has 0 atom stereocenters. The van der Waals surface area contributed by atoms with Crippen molar-refractivity contribution in [3.8, 4) is 5.75 Å². The Kier molecular flexibility index (Phi) is 3.65. The smallest absolute Gasteiger partial charge is 0.143 e. The molecule has 0 aromatic heterocycles. The van der Waals surface area contributed by atoms with Crippen LogP contribution in [0, 0.1) is 0 Å². The lowest BCUT2D eigenvalue weighted by molar-refractivity contribution is 0.417. The van der Waals surface area contributed by atoms with Gasteiger partial charge in [0.05, 0.1) is 18.5 Å². The lowest BCUT2D eigenvalue weighted by Gasteiger charge is -2.13. The van der Waals surface area contributed by atoms with Crippen molar-refractivity contribution in [3.05, 3.63) is 66.2 Å². The third-order valence-corrected chi connectivity index (χ3v) is 3.64. The van der Waals surface area contributed by atoms with Crippen LogP contribution in [0.4, 0.5) is 11.4 Å². The van der Waals surface area contributed by atoms with E-state index in [1.54, 1.807) is 7.11 Å². The first-order valence-corrected chi connectivity index (χ1v) is 6.92. The molecule has 0 fully saturated rings. The predicted octanol–water partition coefficient (Wildman–Crippen LogP) is 4.04. The van der Waals surface area contributed by atoms with Gasteiger partial charge in [-0.3, -0.25) is 0 Å². The van der Waals surface area contributed by atoms with Crippen molar-refractivity contribution in [3.63, 3.8) is 0 Å². The minimum Gasteiger partial charge on any atom is -0.495 e. The fourth-order valence-corrected chi connectivity index (χ4v) is 2.51. The Hall–Kier alpha value is -2.68. The Balaban J connectivity index is 1.87. The van der Waals surface area contributed by atoms with Gasteiger partial charge in [0.2, 0.25) is 0 Å². The first-order chi connectivity index (χ1) is 10.3. The van der Waals surface area contributed by atoms with Gasteiger partial charge in [0.15, 0.2) is 0 Å². The maximum Gasteiger partial charge on any atom is 0.143 e. The summed E-state index contributed by atoms with van der Waals surface area (Å²) in [7, 11) is 1.63. The van der Waals surface area contributed by atoms with Crippen LogP contribution in [0.15, 0.2) is 60.7 Å². The van der Waals surface area contributed by atoms with E-state index in [9.17, 15) is 0 Å². The summed E-state index contributed by atoms with van der Waals surface area (Å²) in [5.41, 5.74) is 8.86. The normalized spacial score (nSPS) is 10.5. The van der Waals surface area contributed by atoms with Crippen LogP contribution < -0.4 is 15.8 Å². The Morgan fingerprint density at radius 3 is 2.57 bits per heavy atom. The first kappa shape index (κ1) is 13.3. The van der Waals surface area contributed by atoms with Crippen LogP contribution >= 0.6 is 0 Å². The molecule has 0 radical (unpaired) electrons. The van der Waals surface area contributed by atoms with E-state index in [1.807, 2.05) is 18.2 Å². The zero-order chi connectivity index (χ0) is 14.7. The molecule has 0 aliphatic rings. The van der Waals surface area contributed by atoms with Gasteiger partial charge in [0.25, 0.3) is 0 Å². The zero-order valence-electron chi connectivity index (χ0n) is 12.0. The van der Waals surface area contributed by atoms with E-state index < -0.39 is 0 Å². The van der Waals surface area contributed by atoms with Crippen molar-refractivity contribution in [1.29, 1.82) is 0 Å². The number of hydrogen-bond acceptors (Lipinski definition) is 3. The second kappa shape index (κ2) is 5.75. The quantitative estimate of drug-likeness (QED) is 0.708. The number of fused-ring (bicyclic) bond motifs is 1. The number of hydrogen-bond donors (Lipinski definition) is 2. The number of ether oxygens (including phenoxy) is 1. The van der Waals surface area contributed by atoms with Crippen LogP contribution in [0.5, 0.6) is 5.75 Å². The van der Waals surface area contributed by atoms with Gasteiger partial charge in [-0.15, -0.1) is 0 Å². The van der Waals surface area contributed by atoms with Gasteiger partial charge >= 0.3 is 0 Å². The van der Waals surface area contributed by atoms with Crippen LogP contribution in [0.3, 0.4) is 0 Å². The molecular weight excluding hydrogens is 260 g/mol. The molecule has 3 aromatic carbocycles. The van der Waals surface area contributed by atoms with E-state index in [0.29, 0.717) is 11.4 Å². The van der Waals surface area contributed by atoms with E-state index in [2.05, 4.69) is 47.8 Å². The number of nitrogen functional groups attached to an aromatic ring is 1. The van der Waals surface area contributed by atoms with Gasteiger partial charge in [-0.05, 0) is 28.5 Å². The summed E-state index contributed by atoms with van der Waals surface area (Å²) in [6.07, 6.45) is 0. The summed E-state index contributed by atoms with van der Waals surface area (Å²) in [5, 5.41) is 5.90. The Morgan fingerprint density at radius 2 is 1.71 bits per heavy atom. The van der Waals surface area contributed by atoms with Gasteiger partial charge in [0, 0.05) is 6.54 Å². The standard InChI is InChI=1S/C18H18N2O/c1-21-17-11-5-10-16(18(17)19)20-12-14-8-4-7-13-6-2-3-9-15(13)14/h2-11,20H,12,19H2,1H3. The van der Waals surface area contributed by atoms with Crippen molar-refractivity contribution < 1.29 is 4.74 Å². The summed E-state index contributed by atoms with van der Waals surface area (Å²) in [5.74, 6) is 0.693. The fourth-order valence-electron chi connectivity index (χ4n) is 2.51. The lowest BCUT2D eigenvalue weighted by atomic mass is 10.0. The van der Waals surface area contributed by atoms with Crippen molar-refractivity contribution in [2.45, 2.75) is 6.54 Å². The van der Waals surface area contributed by atoms with Crippen LogP contribution in [-0.4, -0.2) is 7.11 Å². The number of rotatable bonds is 4. The average Bonchev–Trinajstić information content (AvgIpc) is 2.54. The monoisotopic (exact) mass is 278 g/mol. The molecule has 106 valence electrons. The third-order valence-electron chi connectivity index (χ3n) is 3.64. The van der Waals surface area contributed by atoms with Crippen molar-refractivity contribution in [2.75, 3.05) is 18.2 Å². The summed E-state index contributed by atoms with van der Waals surface area (Å²) in [4.78, 5) is 0. The van der Waals surface area contributed by atoms with Gasteiger partial charge in [-0.2, -0.15) is 0 Å². The summed E-state index contributed by atoms with van der Waals surface area (Å²) in [6.45, 7) is 0.721. The molecule has 3 rings (SSSR count). The van der Waals surface area contributed by atoms with Crippen LogP contribution in [-0.2, 0) is 6.54 Å². The topological polar surface area (TPSA) is 47.3 Å². The highest BCUT2D eigenvalue weighted by Crippen LogP contribution is 2.29. The largest absolute Gasteiger partial charge is 0.495 e. The Morgan fingerprint density at radius 1 is 0.952 bits per heavy atom. The molecule has 21 heavy (non-hydrogen) atoms. The van der Waals surface area contributed by atoms with Crippen molar-refractivity contribution in [2.24, 2.45) is 0 Å². The molecule has 0 saturated carbocycles. The predicted molar refractivity (Wildman–Crippen MR) is 88.7 cm³/mol. The molecule has 0 aliphatic heterocycles. The molecule has 0 aliphatic carbocycles. The lowest BCUT2D eigenvalue weighted by Crippen LogP contribution is -2.04. The molecular formula is C18H18N2O. The minimum atomic E-state index is 0.639. The number of benzene rings is 3. The van der Waals surface area contributed by atoms with E-state index in [0.717, 1.165) is 12.2 Å². The maximum atomic E-state index is 6.08. The zero-order valence-corrected chi connectivity index (χ0v) is 12.0.